The molecule has 2 aliphatic heterocycles. The molecule has 0 aliphatic carbocycles. The number of carbonyl (C=O) groups is 6. The number of esters is 4. The SMILES string of the molecule is O=C1OC(=O)c2ccc(-c3ccc4c5c(ccc(C(=O)O)c35)C(=O)OC4=O)c3c(C(=O)[O-])ccc1c23. The van der Waals surface area contributed by atoms with Crippen LogP contribution in [0.25, 0.3) is 32.7 Å². The molecule has 0 spiro atoms. The number of carboxylic acid groups (broad SMARTS) is 2. The van der Waals surface area contributed by atoms with Crippen LogP contribution in [0.1, 0.15) is 62.1 Å². The third-order valence-corrected chi connectivity index (χ3v) is 6.31. The van der Waals surface area contributed by atoms with Crippen molar-refractivity contribution >= 4 is 57.4 Å². The second-order valence-corrected chi connectivity index (χ2v) is 8.09. The van der Waals surface area contributed by atoms with E-state index < -0.39 is 35.8 Å². The topological polar surface area (TPSA) is 164 Å². The van der Waals surface area contributed by atoms with Gasteiger partial charge in [0, 0.05) is 27.1 Å². The molecule has 10 heteroatoms. The highest BCUT2D eigenvalue weighted by Crippen LogP contribution is 2.43. The summed E-state index contributed by atoms with van der Waals surface area (Å²) in [6.45, 7) is 0. The van der Waals surface area contributed by atoms with Crippen molar-refractivity contribution in [2.24, 2.45) is 0 Å². The van der Waals surface area contributed by atoms with Crippen LogP contribution < -0.4 is 5.11 Å². The van der Waals surface area contributed by atoms with E-state index >= 15 is 0 Å². The molecule has 174 valence electrons. The fourth-order valence-electron chi connectivity index (χ4n) is 4.86. The van der Waals surface area contributed by atoms with Gasteiger partial charge in [-0.05, 0) is 41.5 Å². The average Bonchev–Trinajstić information content (AvgIpc) is 2.84. The van der Waals surface area contributed by atoms with Gasteiger partial charge in [-0.2, -0.15) is 0 Å². The second kappa shape index (κ2) is 7.06. The standard InChI is InChI=1S/C26H10O10/c27-21(28)11-3-7-15-19-13(23(31)35-25(15)33)5-1-9(17(11)19)10-2-6-14-20-16(26(34)36-24(14)32)8-4-12(18(10)20)22(29)30/h1-8H,(H,27,28)(H,29,30)/p-1. The summed E-state index contributed by atoms with van der Waals surface area (Å²) in [5.41, 5.74) is -0.568. The summed E-state index contributed by atoms with van der Waals surface area (Å²) in [7, 11) is 0. The molecule has 0 fully saturated rings. The van der Waals surface area contributed by atoms with Crippen LogP contribution in [0.5, 0.6) is 0 Å². The van der Waals surface area contributed by atoms with E-state index in [1.165, 1.54) is 42.5 Å². The molecule has 0 amide bonds. The van der Waals surface area contributed by atoms with E-state index in [9.17, 15) is 39.0 Å². The van der Waals surface area contributed by atoms with Crippen molar-refractivity contribution in [1.82, 2.24) is 0 Å². The Morgan fingerprint density at radius 3 is 1.25 bits per heavy atom. The number of hydrogen-bond acceptors (Lipinski definition) is 9. The normalized spacial score (nSPS) is 14.1. The maximum atomic E-state index is 12.4. The summed E-state index contributed by atoms with van der Waals surface area (Å²) in [6.07, 6.45) is 0. The molecular formula is C26H9O10-. The zero-order chi connectivity index (χ0) is 25.5. The van der Waals surface area contributed by atoms with Gasteiger partial charge in [0.25, 0.3) is 0 Å². The molecule has 4 aromatic rings. The monoisotopic (exact) mass is 481 g/mol. The maximum absolute atomic E-state index is 12.4. The lowest BCUT2D eigenvalue weighted by Crippen LogP contribution is -2.25. The van der Waals surface area contributed by atoms with Crippen LogP contribution in [0.15, 0.2) is 48.5 Å². The number of rotatable bonds is 3. The van der Waals surface area contributed by atoms with Crippen molar-refractivity contribution < 1.29 is 48.5 Å². The third kappa shape index (κ3) is 2.66. The van der Waals surface area contributed by atoms with E-state index in [2.05, 4.69) is 0 Å². The summed E-state index contributed by atoms with van der Waals surface area (Å²) in [4.78, 5) is 73.9. The molecule has 0 radical (unpaired) electrons. The van der Waals surface area contributed by atoms with E-state index in [1.807, 2.05) is 0 Å². The number of cyclic esters (lactones) is 4. The van der Waals surface area contributed by atoms with Crippen LogP contribution in [-0.2, 0) is 9.47 Å². The lowest BCUT2D eigenvalue weighted by molar-refractivity contribution is -0.254. The molecule has 10 nitrogen and oxygen atoms in total. The molecule has 6 rings (SSSR count). The summed E-state index contributed by atoms with van der Waals surface area (Å²) in [5.74, 6) is -6.86. The lowest BCUT2D eigenvalue weighted by Gasteiger charge is -2.23. The van der Waals surface area contributed by atoms with E-state index in [4.69, 9.17) is 9.47 Å². The maximum Gasteiger partial charge on any atom is 0.346 e. The number of ether oxygens (including phenoxy) is 2. The molecule has 0 saturated heterocycles. The van der Waals surface area contributed by atoms with E-state index in [1.54, 1.807) is 0 Å². The minimum Gasteiger partial charge on any atom is -0.545 e. The smallest absolute Gasteiger partial charge is 0.346 e. The average molecular weight is 481 g/mol. The summed E-state index contributed by atoms with van der Waals surface area (Å²) >= 11 is 0. The van der Waals surface area contributed by atoms with Crippen molar-refractivity contribution in [2.45, 2.75) is 0 Å². The highest BCUT2D eigenvalue weighted by molar-refractivity contribution is 6.29. The predicted molar refractivity (Wildman–Crippen MR) is 118 cm³/mol. The van der Waals surface area contributed by atoms with Crippen molar-refractivity contribution in [3.05, 3.63) is 81.9 Å². The van der Waals surface area contributed by atoms with Gasteiger partial charge in [-0.1, -0.05) is 18.2 Å². The van der Waals surface area contributed by atoms with Crippen molar-refractivity contribution in [3.63, 3.8) is 0 Å². The Labute approximate surface area is 199 Å². The number of hydrogen-bond donors (Lipinski definition) is 1. The molecule has 36 heavy (non-hydrogen) atoms. The van der Waals surface area contributed by atoms with Gasteiger partial charge in [-0.3, -0.25) is 0 Å². The Morgan fingerprint density at radius 1 is 0.528 bits per heavy atom. The van der Waals surface area contributed by atoms with Gasteiger partial charge in [0.2, 0.25) is 0 Å². The fourth-order valence-corrected chi connectivity index (χ4v) is 4.86. The van der Waals surface area contributed by atoms with Crippen molar-refractivity contribution in [3.8, 4) is 11.1 Å². The van der Waals surface area contributed by atoms with Crippen LogP contribution >= 0.6 is 0 Å². The highest BCUT2D eigenvalue weighted by Gasteiger charge is 2.33. The zero-order valence-corrected chi connectivity index (χ0v) is 17.7. The number of carbonyl (C=O) groups excluding carboxylic acids is 5. The highest BCUT2D eigenvalue weighted by atomic mass is 16.6. The molecule has 2 aliphatic rings. The zero-order valence-electron chi connectivity index (χ0n) is 17.7. The Kier molecular flexibility index (Phi) is 4.15. The van der Waals surface area contributed by atoms with Gasteiger partial charge < -0.3 is 24.5 Å². The van der Waals surface area contributed by atoms with Gasteiger partial charge in [-0.15, -0.1) is 0 Å². The Bertz CT molecular complexity index is 1640. The number of carboxylic acids is 2. The molecule has 1 N–H and O–H groups in total. The fraction of sp³-hybridized carbons (Fsp3) is 0. The summed E-state index contributed by atoms with van der Waals surface area (Å²) in [5, 5.41) is 21.9. The first-order valence-electron chi connectivity index (χ1n) is 10.4. The summed E-state index contributed by atoms with van der Waals surface area (Å²) < 4.78 is 9.49. The molecule has 0 bridgehead atoms. The molecule has 2 heterocycles. The van der Waals surface area contributed by atoms with E-state index in [-0.39, 0.29) is 66.1 Å². The van der Waals surface area contributed by atoms with Crippen LogP contribution in [0.2, 0.25) is 0 Å². The van der Waals surface area contributed by atoms with Gasteiger partial charge in [0.15, 0.2) is 0 Å². The van der Waals surface area contributed by atoms with Gasteiger partial charge in [0.05, 0.1) is 33.8 Å². The van der Waals surface area contributed by atoms with Gasteiger partial charge in [0.1, 0.15) is 0 Å². The Morgan fingerprint density at radius 2 is 0.861 bits per heavy atom. The van der Waals surface area contributed by atoms with Crippen molar-refractivity contribution in [2.75, 3.05) is 0 Å². The largest absolute Gasteiger partial charge is 0.545 e. The van der Waals surface area contributed by atoms with Crippen LogP contribution in [-0.4, -0.2) is 40.9 Å². The first-order chi connectivity index (χ1) is 17.2. The lowest BCUT2D eigenvalue weighted by atomic mass is 9.83. The van der Waals surface area contributed by atoms with Crippen LogP contribution in [0, 0.1) is 0 Å². The minimum atomic E-state index is -1.61. The van der Waals surface area contributed by atoms with E-state index in [0.717, 1.165) is 6.07 Å². The predicted octanol–water partition coefficient (Wildman–Crippen LogP) is 2.34. The Balaban J connectivity index is 1.85. The first kappa shape index (κ1) is 21.2. The molecule has 0 atom stereocenters. The minimum absolute atomic E-state index is 0.00304. The van der Waals surface area contributed by atoms with Crippen LogP contribution in [0.4, 0.5) is 0 Å². The molecule has 0 unspecified atom stereocenters. The number of aromatic carboxylic acids is 2. The molecule has 0 saturated carbocycles. The quantitative estimate of drug-likeness (QED) is 0.339. The van der Waals surface area contributed by atoms with E-state index in [0.29, 0.717) is 0 Å². The third-order valence-electron chi connectivity index (χ3n) is 6.31. The molecular weight excluding hydrogens is 472 g/mol. The summed E-state index contributed by atoms with van der Waals surface area (Å²) in [6, 6.07) is 10.1. The molecule has 0 aromatic heterocycles. The first-order valence-corrected chi connectivity index (χ1v) is 10.4. The van der Waals surface area contributed by atoms with Crippen molar-refractivity contribution in [1.29, 1.82) is 0 Å². The van der Waals surface area contributed by atoms with Gasteiger partial charge >= 0.3 is 29.8 Å². The number of benzene rings is 4. The van der Waals surface area contributed by atoms with Crippen LogP contribution in [0.3, 0.4) is 0 Å². The Hall–Kier alpha value is -5.38. The second-order valence-electron chi connectivity index (χ2n) is 8.09. The van der Waals surface area contributed by atoms with Gasteiger partial charge in [-0.25, -0.2) is 24.0 Å². The molecule has 4 aromatic carbocycles.